The Morgan fingerprint density at radius 1 is 1.00 bits per heavy atom. The molecule has 0 amide bonds. The van der Waals surface area contributed by atoms with Gasteiger partial charge in [-0.3, -0.25) is 0 Å². The maximum Gasteiger partial charge on any atom is 0.373 e. The quantitative estimate of drug-likeness (QED) is 0.300. The SMILES string of the molecule is CO/C1=C\C(C)=C\[C@@H](C)[C@@H](O)[C@@H](C)C/C(C)=C/C=C/[C@H](OC)[C@@H]([C@@H](C)[C@@H](O)[C@H](C)[C@H]2C=C(O)[C@H](C)[C@@H](C(C)C)O2)OC1=O. The van der Waals surface area contributed by atoms with Gasteiger partial charge in [-0.05, 0) is 44.3 Å². The predicted octanol–water partition coefficient (Wildman–Crippen LogP) is 6.06. The number of ether oxygens (including phenoxy) is 4. The molecule has 2 heterocycles. The highest BCUT2D eigenvalue weighted by Crippen LogP contribution is 2.34. The van der Waals surface area contributed by atoms with Crippen molar-refractivity contribution in [3.05, 3.63) is 59.1 Å². The van der Waals surface area contributed by atoms with Gasteiger partial charge in [0.15, 0.2) is 0 Å². The first-order valence-electron chi connectivity index (χ1n) is 15.6. The second-order valence-electron chi connectivity index (χ2n) is 13.0. The number of methoxy groups -OCH3 is 2. The molecule has 244 valence electrons. The van der Waals surface area contributed by atoms with E-state index in [-0.39, 0.29) is 41.3 Å². The third kappa shape index (κ3) is 9.80. The van der Waals surface area contributed by atoms with Crippen LogP contribution in [0.25, 0.3) is 0 Å². The van der Waals surface area contributed by atoms with Crippen molar-refractivity contribution in [3.8, 4) is 0 Å². The predicted molar refractivity (Wildman–Crippen MR) is 169 cm³/mol. The minimum atomic E-state index is -0.971. The third-order valence-corrected chi connectivity index (χ3v) is 8.97. The largest absolute Gasteiger partial charge is 0.512 e. The molecule has 3 N–H and O–H groups in total. The Kier molecular flexibility index (Phi) is 14.2. The lowest BCUT2D eigenvalue weighted by Gasteiger charge is -2.40. The molecule has 0 radical (unpaired) electrons. The van der Waals surface area contributed by atoms with Crippen molar-refractivity contribution >= 4 is 5.97 Å². The topological polar surface area (TPSA) is 115 Å². The maximum absolute atomic E-state index is 13.5. The number of allylic oxidation sites excluding steroid dienone is 5. The molecule has 8 nitrogen and oxygen atoms in total. The highest BCUT2D eigenvalue weighted by Gasteiger charge is 2.41. The fourth-order valence-corrected chi connectivity index (χ4v) is 6.20. The lowest BCUT2D eigenvalue weighted by molar-refractivity contribution is -0.164. The molecule has 0 aromatic carbocycles. The van der Waals surface area contributed by atoms with E-state index < -0.39 is 48.3 Å². The first-order valence-corrected chi connectivity index (χ1v) is 15.6. The molecule has 0 aromatic heterocycles. The molecule has 2 aliphatic rings. The molecule has 2 rings (SSSR count). The number of hydrogen-bond acceptors (Lipinski definition) is 8. The minimum Gasteiger partial charge on any atom is -0.512 e. The zero-order valence-corrected chi connectivity index (χ0v) is 28.0. The highest BCUT2D eigenvalue weighted by molar-refractivity contribution is 5.87. The van der Waals surface area contributed by atoms with Gasteiger partial charge in [0, 0.05) is 30.8 Å². The van der Waals surface area contributed by atoms with Crippen molar-refractivity contribution in [1.29, 1.82) is 0 Å². The Bertz CT molecular complexity index is 1070. The van der Waals surface area contributed by atoms with Gasteiger partial charge in [0.1, 0.15) is 12.2 Å². The number of carbonyl (C=O) groups excluding carboxylic acids is 1. The first kappa shape index (κ1) is 36.8. The molecular formula is C35H56O8. The second-order valence-corrected chi connectivity index (χ2v) is 13.0. The van der Waals surface area contributed by atoms with E-state index in [0.29, 0.717) is 6.42 Å². The molecule has 0 saturated heterocycles. The van der Waals surface area contributed by atoms with Crippen LogP contribution in [-0.2, 0) is 23.7 Å². The van der Waals surface area contributed by atoms with Crippen molar-refractivity contribution < 1.29 is 39.1 Å². The van der Waals surface area contributed by atoms with Gasteiger partial charge >= 0.3 is 5.97 Å². The van der Waals surface area contributed by atoms with Crippen LogP contribution >= 0.6 is 0 Å². The maximum atomic E-state index is 13.5. The Hall–Kier alpha value is -2.39. The third-order valence-electron chi connectivity index (χ3n) is 8.97. The summed E-state index contributed by atoms with van der Waals surface area (Å²) in [6.45, 7) is 17.5. The van der Waals surface area contributed by atoms with Crippen molar-refractivity contribution in [3.63, 3.8) is 0 Å². The van der Waals surface area contributed by atoms with E-state index in [1.807, 2.05) is 86.6 Å². The van der Waals surface area contributed by atoms with E-state index in [4.69, 9.17) is 18.9 Å². The van der Waals surface area contributed by atoms with E-state index in [9.17, 15) is 20.1 Å². The zero-order chi connectivity index (χ0) is 32.6. The summed E-state index contributed by atoms with van der Waals surface area (Å²) in [5.41, 5.74) is 1.84. The Morgan fingerprint density at radius 3 is 2.23 bits per heavy atom. The molecule has 0 unspecified atom stereocenters. The van der Waals surface area contributed by atoms with Crippen molar-refractivity contribution in [2.24, 2.45) is 35.5 Å². The standard InChI is InChI=1S/C35H56O8/c1-19(2)33-24(7)27(36)18-29(42-33)25(8)32(38)26(9)34-28(40-10)14-12-13-20(3)15-22(5)31(37)23(6)16-21(4)17-30(41-11)35(39)43-34/h12-14,16-19,22-26,28-29,31-34,36-38H,15H2,1-11H3/b14-12+,20-13+,21-16+,30-17-/t22-,23+,24-,25+,26-,28-,29+,31-,32-,33+,34+/m0/s1. The summed E-state index contributed by atoms with van der Waals surface area (Å²) < 4.78 is 23.6. The van der Waals surface area contributed by atoms with Crippen molar-refractivity contribution in [2.75, 3.05) is 14.2 Å². The van der Waals surface area contributed by atoms with Crippen LogP contribution in [-0.4, -0.2) is 72.1 Å². The number of rotatable bonds is 7. The average Bonchev–Trinajstić information content (AvgIpc) is 2.95. The lowest BCUT2D eigenvalue weighted by Crippen LogP contribution is -2.48. The number of cyclic esters (lactones) is 1. The Balaban J connectivity index is 2.50. The molecule has 0 aliphatic carbocycles. The van der Waals surface area contributed by atoms with E-state index in [0.717, 1.165) is 11.1 Å². The van der Waals surface area contributed by atoms with Gasteiger partial charge in [-0.15, -0.1) is 0 Å². The van der Waals surface area contributed by atoms with Gasteiger partial charge in [0.2, 0.25) is 5.76 Å². The molecule has 11 atom stereocenters. The molecule has 0 spiro atoms. The van der Waals surface area contributed by atoms with Crippen molar-refractivity contribution in [1.82, 2.24) is 0 Å². The molecule has 0 fully saturated rings. The summed E-state index contributed by atoms with van der Waals surface area (Å²) in [7, 11) is 2.94. The van der Waals surface area contributed by atoms with E-state index in [1.165, 1.54) is 14.2 Å². The summed E-state index contributed by atoms with van der Waals surface area (Å²) in [5.74, 6) is -1.54. The molecule has 0 bridgehead atoms. The summed E-state index contributed by atoms with van der Waals surface area (Å²) in [6, 6.07) is 0. The van der Waals surface area contributed by atoms with E-state index in [1.54, 1.807) is 12.2 Å². The number of carbonyl (C=O) groups is 1. The van der Waals surface area contributed by atoms with Crippen LogP contribution in [0.5, 0.6) is 0 Å². The molecule has 43 heavy (non-hydrogen) atoms. The molecule has 8 heteroatoms. The number of aliphatic hydroxyl groups is 3. The second kappa shape index (κ2) is 16.6. The van der Waals surface area contributed by atoms with E-state index in [2.05, 4.69) is 0 Å². The van der Waals surface area contributed by atoms with Gasteiger partial charge in [-0.1, -0.05) is 83.9 Å². The molecule has 0 aromatic rings. The number of esters is 1. The smallest absolute Gasteiger partial charge is 0.373 e. The van der Waals surface area contributed by atoms with E-state index >= 15 is 0 Å². The highest BCUT2D eigenvalue weighted by atomic mass is 16.6. The molecule has 2 aliphatic heterocycles. The van der Waals surface area contributed by atoms with Crippen LogP contribution in [0.2, 0.25) is 0 Å². The van der Waals surface area contributed by atoms with Crippen LogP contribution < -0.4 is 0 Å². The normalized spacial score (nSPS) is 38.2. The zero-order valence-electron chi connectivity index (χ0n) is 28.0. The lowest BCUT2D eigenvalue weighted by atomic mass is 9.81. The van der Waals surface area contributed by atoms with Gasteiger partial charge in [0.05, 0.1) is 37.3 Å². The molecular weight excluding hydrogens is 548 g/mol. The number of aliphatic hydroxyl groups excluding tert-OH is 3. The summed E-state index contributed by atoms with van der Waals surface area (Å²) in [4.78, 5) is 13.5. The summed E-state index contributed by atoms with van der Waals surface area (Å²) >= 11 is 0. The van der Waals surface area contributed by atoms with Crippen LogP contribution in [0, 0.1) is 35.5 Å². The van der Waals surface area contributed by atoms with Crippen LogP contribution in [0.3, 0.4) is 0 Å². The van der Waals surface area contributed by atoms with Crippen LogP contribution in [0.4, 0.5) is 0 Å². The van der Waals surface area contributed by atoms with Gasteiger partial charge in [-0.25, -0.2) is 4.79 Å². The fraction of sp³-hybridized carbons (Fsp3) is 0.686. The first-order chi connectivity index (χ1) is 20.1. The van der Waals surface area contributed by atoms with Crippen molar-refractivity contribution in [2.45, 2.75) is 105 Å². The van der Waals surface area contributed by atoms with Gasteiger partial charge in [0.25, 0.3) is 0 Å². The Labute approximate surface area is 259 Å². The summed E-state index contributed by atoms with van der Waals surface area (Å²) in [6.07, 6.45) is 7.73. The molecule has 0 saturated carbocycles. The van der Waals surface area contributed by atoms with Crippen LogP contribution in [0.15, 0.2) is 59.1 Å². The minimum absolute atomic E-state index is 0.00197. The monoisotopic (exact) mass is 604 g/mol. The van der Waals surface area contributed by atoms with Gasteiger partial charge < -0.3 is 34.3 Å². The van der Waals surface area contributed by atoms with Crippen LogP contribution in [0.1, 0.15) is 68.7 Å². The Morgan fingerprint density at radius 2 is 1.65 bits per heavy atom. The average molecular weight is 605 g/mol. The summed E-state index contributed by atoms with van der Waals surface area (Å²) in [5, 5.41) is 33.2. The van der Waals surface area contributed by atoms with Gasteiger partial charge in [-0.2, -0.15) is 0 Å². The fourth-order valence-electron chi connectivity index (χ4n) is 6.20. The number of hydrogen-bond donors (Lipinski definition) is 3.